The van der Waals surface area contributed by atoms with Crippen LogP contribution in [0.4, 0.5) is 17.6 Å². The molecule has 0 aliphatic heterocycles. The number of hydrogen-bond acceptors (Lipinski definition) is 0. The number of rotatable bonds is 3. The zero-order valence-corrected chi connectivity index (χ0v) is 8.37. The fourth-order valence-corrected chi connectivity index (χ4v) is 1.41. The second-order valence-electron chi connectivity index (χ2n) is 3.40. The zero-order valence-electron chi connectivity index (χ0n) is 8.37. The van der Waals surface area contributed by atoms with Crippen LogP contribution in [0, 0.1) is 5.82 Å². The van der Waals surface area contributed by atoms with Crippen LogP contribution in [0.1, 0.15) is 30.9 Å². The molecule has 0 unspecified atom stereocenters. The predicted octanol–water partition coefficient (Wildman–Crippen LogP) is 4.19. The van der Waals surface area contributed by atoms with Gasteiger partial charge < -0.3 is 0 Å². The summed E-state index contributed by atoms with van der Waals surface area (Å²) in [5, 5.41) is 0. The molecule has 0 aliphatic rings. The van der Waals surface area contributed by atoms with E-state index in [9.17, 15) is 17.6 Å². The molecular formula is C11H12F4. The molecule has 0 amide bonds. The van der Waals surface area contributed by atoms with Crippen molar-refractivity contribution in [1.82, 2.24) is 0 Å². The Morgan fingerprint density at radius 3 is 2.40 bits per heavy atom. The highest BCUT2D eigenvalue weighted by molar-refractivity contribution is 5.30. The van der Waals surface area contributed by atoms with Crippen LogP contribution in [-0.2, 0) is 12.6 Å². The standard InChI is InChI=1S/C11H12F4/c1-2-3-4-8-7-9(12)5-6-10(8)11(13,14)15/h5-7H,2-4H2,1H3. The van der Waals surface area contributed by atoms with Crippen molar-refractivity contribution in [2.75, 3.05) is 0 Å². The van der Waals surface area contributed by atoms with Gasteiger partial charge in [-0.15, -0.1) is 0 Å². The van der Waals surface area contributed by atoms with Gasteiger partial charge in [0.05, 0.1) is 5.56 Å². The number of alkyl halides is 3. The minimum Gasteiger partial charge on any atom is -0.207 e. The Kier molecular flexibility index (Phi) is 3.72. The molecule has 4 heteroatoms. The molecule has 0 N–H and O–H groups in total. The first-order valence-corrected chi connectivity index (χ1v) is 4.80. The van der Waals surface area contributed by atoms with Crippen molar-refractivity contribution in [2.24, 2.45) is 0 Å². The molecule has 0 radical (unpaired) electrons. The third-order valence-electron chi connectivity index (χ3n) is 2.17. The van der Waals surface area contributed by atoms with Crippen LogP contribution in [0.15, 0.2) is 18.2 Å². The Balaban J connectivity index is 3.03. The van der Waals surface area contributed by atoms with Crippen molar-refractivity contribution in [3.63, 3.8) is 0 Å². The number of halogens is 4. The summed E-state index contributed by atoms with van der Waals surface area (Å²) >= 11 is 0. The smallest absolute Gasteiger partial charge is 0.207 e. The second-order valence-corrected chi connectivity index (χ2v) is 3.40. The summed E-state index contributed by atoms with van der Waals surface area (Å²) in [6, 6.07) is 2.62. The molecule has 0 aromatic heterocycles. The summed E-state index contributed by atoms with van der Waals surface area (Å²) in [4.78, 5) is 0. The fraction of sp³-hybridized carbons (Fsp3) is 0.455. The van der Waals surface area contributed by atoms with Crippen molar-refractivity contribution in [1.29, 1.82) is 0 Å². The maximum absolute atomic E-state index is 12.8. The van der Waals surface area contributed by atoms with E-state index in [1.54, 1.807) is 0 Å². The lowest BCUT2D eigenvalue weighted by Crippen LogP contribution is -2.09. The molecule has 0 heterocycles. The minimum absolute atomic E-state index is 0.0457. The Bertz CT molecular complexity index is 328. The molecular weight excluding hydrogens is 208 g/mol. The van der Waals surface area contributed by atoms with E-state index in [1.807, 2.05) is 6.92 Å². The summed E-state index contributed by atoms with van der Waals surface area (Å²) in [5.41, 5.74) is -0.679. The summed E-state index contributed by atoms with van der Waals surface area (Å²) in [6.07, 6.45) is -2.71. The van der Waals surface area contributed by atoms with Crippen molar-refractivity contribution in [3.8, 4) is 0 Å². The molecule has 0 saturated heterocycles. The molecule has 0 nitrogen and oxygen atoms in total. The number of benzene rings is 1. The molecule has 0 fully saturated rings. The molecule has 0 spiro atoms. The quantitative estimate of drug-likeness (QED) is 0.670. The summed E-state index contributed by atoms with van der Waals surface area (Å²) in [5.74, 6) is -0.617. The van der Waals surface area contributed by atoms with Crippen LogP contribution in [-0.4, -0.2) is 0 Å². The summed E-state index contributed by atoms with van der Waals surface area (Å²) in [7, 11) is 0. The van der Waals surface area contributed by atoms with Crippen LogP contribution in [0.2, 0.25) is 0 Å². The largest absolute Gasteiger partial charge is 0.416 e. The van der Waals surface area contributed by atoms with E-state index >= 15 is 0 Å². The van der Waals surface area contributed by atoms with Crippen molar-refractivity contribution in [3.05, 3.63) is 35.1 Å². The van der Waals surface area contributed by atoms with E-state index in [0.717, 1.165) is 24.6 Å². The number of hydrogen-bond donors (Lipinski definition) is 0. The van der Waals surface area contributed by atoms with Crippen molar-refractivity contribution in [2.45, 2.75) is 32.4 Å². The minimum atomic E-state index is -4.39. The lowest BCUT2D eigenvalue weighted by atomic mass is 10.0. The van der Waals surface area contributed by atoms with Gasteiger partial charge in [0.25, 0.3) is 0 Å². The third kappa shape index (κ3) is 3.22. The average molecular weight is 220 g/mol. The van der Waals surface area contributed by atoms with Crippen molar-refractivity contribution >= 4 is 0 Å². The Hall–Kier alpha value is -1.06. The zero-order chi connectivity index (χ0) is 11.5. The molecule has 15 heavy (non-hydrogen) atoms. The summed E-state index contributed by atoms with van der Waals surface area (Å²) in [6.45, 7) is 1.88. The van der Waals surface area contributed by atoms with Crippen LogP contribution in [0.3, 0.4) is 0 Å². The van der Waals surface area contributed by atoms with Gasteiger partial charge in [-0.05, 0) is 36.6 Å². The molecule has 1 rings (SSSR count). The fourth-order valence-electron chi connectivity index (χ4n) is 1.41. The van der Waals surface area contributed by atoms with Gasteiger partial charge in [0, 0.05) is 0 Å². The predicted molar refractivity (Wildman–Crippen MR) is 50.0 cm³/mol. The second kappa shape index (κ2) is 4.64. The Morgan fingerprint density at radius 1 is 1.20 bits per heavy atom. The average Bonchev–Trinajstić information content (AvgIpc) is 2.12. The molecule has 1 aromatic carbocycles. The molecule has 0 atom stereocenters. The molecule has 0 bridgehead atoms. The van der Waals surface area contributed by atoms with E-state index in [1.165, 1.54) is 0 Å². The van der Waals surface area contributed by atoms with E-state index in [0.29, 0.717) is 6.42 Å². The SMILES string of the molecule is CCCCc1cc(F)ccc1C(F)(F)F. The van der Waals surface area contributed by atoms with Crippen LogP contribution in [0.5, 0.6) is 0 Å². The van der Waals surface area contributed by atoms with Crippen molar-refractivity contribution < 1.29 is 17.6 Å². The summed E-state index contributed by atoms with van der Waals surface area (Å²) < 4.78 is 50.3. The van der Waals surface area contributed by atoms with Gasteiger partial charge in [0.15, 0.2) is 0 Å². The van der Waals surface area contributed by atoms with Gasteiger partial charge in [-0.25, -0.2) is 4.39 Å². The van der Waals surface area contributed by atoms with E-state index in [4.69, 9.17) is 0 Å². The van der Waals surface area contributed by atoms with Gasteiger partial charge in [-0.2, -0.15) is 13.2 Å². The van der Waals surface area contributed by atoms with Gasteiger partial charge in [-0.3, -0.25) is 0 Å². The van der Waals surface area contributed by atoms with E-state index in [-0.39, 0.29) is 12.0 Å². The molecule has 0 saturated carbocycles. The van der Waals surface area contributed by atoms with Crippen LogP contribution in [0.25, 0.3) is 0 Å². The molecule has 84 valence electrons. The van der Waals surface area contributed by atoms with Gasteiger partial charge in [0.1, 0.15) is 5.82 Å². The van der Waals surface area contributed by atoms with Gasteiger partial charge >= 0.3 is 6.18 Å². The third-order valence-corrected chi connectivity index (χ3v) is 2.17. The maximum atomic E-state index is 12.8. The first-order valence-electron chi connectivity index (χ1n) is 4.80. The maximum Gasteiger partial charge on any atom is 0.416 e. The topological polar surface area (TPSA) is 0 Å². The first kappa shape index (κ1) is 12.0. The Morgan fingerprint density at radius 2 is 1.87 bits per heavy atom. The van der Waals surface area contributed by atoms with Crippen LogP contribution >= 0.6 is 0 Å². The highest BCUT2D eigenvalue weighted by Crippen LogP contribution is 2.32. The molecule has 1 aromatic rings. The monoisotopic (exact) mass is 220 g/mol. The normalized spacial score (nSPS) is 11.8. The van der Waals surface area contributed by atoms with Gasteiger partial charge in [-0.1, -0.05) is 13.3 Å². The van der Waals surface area contributed by atoms with Crippen LogP contribution < -0.4 is 0 Å². The Labute approximate surface area is 85.9 Å². The lowest BCUT2D eigenvalue weighted by Gasteiger charge is -2.12. The molecule has 0 aliphatic carbocycles. The van der Waals surface area contributed by atoms with E-state index in [2.05, 4.69) is 0 Å². The van der Waals surface area contributed by atoms with Gasteiger partial charge in [0.2, 0.25) is 0 Å². The highest BCUT2D eigenvalue weighted by atomic mass is 19.4. The highest BCUT2D eigenvalue weighted by Gasteiger charge is 2.32. The first-order chi connectivity index (χ1) is 6.95. The van der Waals surface area contributed by atoms with E-state index < -0.39 is 17.6 Å². The number of unbranched alkanes of at least 4 members (excludes halogenated alkanes) is 1. The number of aryl methyl sites for hydroxylation is 1. The lowest BCUT2D eigenvalue weighted by molar-refractivity contribution is -0.138.